The van der Waals surface area contributed by atoms with Crippen LogP contribution in [0, 0.1) is 0 Å². The molecule has 0 aliphatic carbocycles. The fraction of sp³-hybridized carbons (Fsp3) is 0.0526. The van der Waals surface area contributed by atoms with Crippen molar-refractivity contribution in [1.29, 1.82) is 0 Å². The standard InChI is InChI=1S/C19H12Cl2N2O3S/c20-11-4-2-5-12(21)17(11)16-7-15(24)10-3-1-6-13(18(10)26-16)23-19(25)14-8-27-9-22-14/h1-9,19,23,25H. The number of hydrogen-bond donors (Lipinski definition) is 2. The van der Waals surface area contributed by atoms with Gasteiger partial charge < -0.3 is 14.8 Å². The molecule has 0 aliphatic heterocycles. The second kappa shape index (κ2) is 7.32. The molecule has 2 N–H and O–H groups in total. The first-order chi connectivity index (χ1) is 13.0. The zero-order valence-corrected chi connectivity index (χ0v) is 16.0. The molecule has 8 heteroatoms. The summed E-state index contributed by atoms with van der Waals surface area (Å²) < 4.78 is 5.98. The molecule has 2 aromatic carbocycles. The molecule has 0 bridgehead atoms. The van der Waals surface area contributed by atoms with Crippen molar-refractivity contribution in [3.8, 4) is 11.3 Å². The second-order valence-corrected chi connectivity index (χ2v) is 7.25. The van der Waals surface area contributed by atoms with Crippen molar-refractivity contribution in [3.05, 3.63) is 79.3 Å². The first-order valence-corrected chi connectivity index (χ1v) is 9.58. The lowest BCUT2D eigenvalue weighted by Crippen LogP contribution is -2.11. The number of aromatic nitrogens is 1. The highest BCUT2D eigenvalue weighted by molar-refractivity contribution is 7.07. The third kappa shape index (κ3) is 3.44. The number of benzene rings is 2. The molecule has 1 unspecified atom stereocenters. The van der Waals surface area contributed by atoms with Gasteiger partial charge in [0.05, 0.1) is 32.2 Å². The summed E-state index contributed by atoms with van der Waals surface area (Å²) in [7, 11) is 0. The van der Waals surface area contributed by atoms with Crippen molar-refractivity contribution >= 4 is 51.2 Å². The Bertz CT molecular complexity index is 1160. The van der Waals surface area contributed by atoms with Crippen LogP contribution in [-0.2, 0) is 0 Å². The summed E-state index contributed by atoms with van der Waals surface area (Å²) in [5.41, 5.74) is 3.05. The van der Waals surface area contributed by atoms with E-state index in [2.05, 4.69) is 10.3 Å². The molecule has 0 radical (unpaired) electrons. The molecule has 0 amide bonds. The highest BCUT2D eigenvalue weighted by atomic mass is 35.5. The third-order valence-electron chi connectivity index (χ3n) is 3.99. The summed E-state index contributed by atoms with van der Waals surface area (Å²) in [6.07, 6.45) is -1.04. The largest absolute Gasteiger partial charge is 0.454 e. The number of aliphatic hydroxyl groups is 1. The minimum Gasteiger partial charge on any atom is -0.454 e. The molecule has 0 saturated heterocycles. The number of nitrogens with zero attached hydrogens (tertiary/aromatic N) is 1. The predicted octanol–water partition coefficient (Wildman–Crippen LogP) is 5.33. The normalized spacial score (nSPS) is 12.3. The Labute approximate surface area is 167 Å². The third-order valence-corrected chi connectivity index (χ3v) is 5.22. The Kier molecular flexibility index (Phi) is 4.88. The van der Waals surface area contributed by atoms with Crippen LogP contribution in [0.3, 0.4) is 0 Å². The van der Waals surface area contributed by atoms with E-state index in [1.807, 2.05) is 0 Å². The minimum atomic E-state index is -1.04. The average Bonchev–Trinajstić information content (AvgIpc) is 3.17. The molecule has 27 heavy (non-hydrogen) atoms. The van der Waals surface area contributed by atoms with Crippen LogP contribution < -0.4 is 10.7 Å². The number of nitrogens with one attached hydrogen (secondary N) is 1. The molecule has 0 saturated carbocycles. The van der Waals surface area contributed by atoms with Gasteiger partial charge in [0.2, 0.25) is 0 Å². The lowest BCUT2D eigenvalue weighted by atomic mass is 10.1. The Morgan fingerprint density at radius 3 is 2.59 bits per heavy atom. The van der Waals surface area contributed by atoms with Gasteiger partial charge in [0, 0.05) is 11.4 Å². The van der Waals surface area contributed by atoms with Crippen LogP contribution in [0.1, 0.15) is 11.9 Å². The molecule has 4 rings (SSSR count). The van der Waals surface area contributed by atoms with Crippen LogP contribution in [0.4, 0.5) is 5.69 Å². The molecule has 1 atom stereocenters. The van der Waals surface area contributed by atoms with Gasteiger partial charge in [0.1, 0.15) is 11.5 Å². The summed E-state index contributed by atoms with van der Waals surface area (Å²) in [6.45, 7) is 0. The van der Waals surface area contributed by atoms with E-state index >= 15 is 0 Å². The zero-order chi connectivity index (χ0) is 19.0. The summed E-state index contributed by atoms with van der Waals surface area (Å²) >= 11 is 13.9. The number of anilines is 1. The molecule has 0 spiro atoms. The molecule has 2 heterocycles. The van der Waals surface area contributed by atoms with Crippen LogP contribution in [0.25, 0.3) is 22.3 Å². The predicted molar refractivity (Wildman–Crippen MR) is 109 cm³/mol. The first kappa shape index (κ1) is 18.0. The minimum absolute atomic E-state index is 0.242. The van der Waals surface area contributed by atoms with Crippen LogP contribution in [0.5, 0.6) is 0 Å². The number of fused-ring (bicyclic) bond motifs is 1. The summed E-state index contributed by atoms with van der Waals surface area (Å²) in [4.78, 5) is 16.7. The van der Waals surface area contributed by atoms with E-state index in [9.17, 15) is 9.90 Å². The van der Waals surface area contributed by atoms with E-state index in [1.54, 1.807) is 47.3 Å². The maximum Gasteiger partial charge on any atom is 0.193 e. The Balaban J connectivity index is 1.87. The van der Waals surface area contributed by atoms with Crippen LogP contribution >= 0.6 is 34.5 Å². The van der Waals surface area contributed by atoms with Crippen LogP contribution in [0.2, 0.25) is 10.0 Å². The number of hydrogen-bond acceptors (Lipinski definition) is 6. The number of aliphatic hydroxyl groups excluding tert-OH is 1. The van der Waals surface area contributed by atoms with E-state index < -0.39 is 6.23 Å². The van der Waals surface area contributed by atoms with Crippen LogP contribution in [-0.4, -0.2) is 10.1 Å². The number of rotatable bonds is 4. The van der Waals surface area contributed by atoms with E-state index in [1.165, 1.54) is 17.4 Å². The molecular weight excluding hydrogens is 407 g/mol. The Morgan fingerprint density at radius 2 is 1.89 bits per heavy atom. The van der Waals surface area contributed by atoms with E-state index in [0.29, 0.717) is 38.0 Å². The smallest absolute Gasteiger partial charge is 0.193 e. The van der Waals surface area contributed by atoms with Gasteiger partial charge in [-0.25, -0.2) is 4.98 Å². The number of halogens is 2. The molecule has 2 aromatic heterocycles. The van der Waals surface area contributed by atoms with Gasteiger partial charge in [-0.15, -0.1) is 11.3 Å². The lowest BCUT2D eigenvalue weighted by molar-refractivity contribution is 0.204. The molecule has 136 valence electrons. The van der Waals surface area contributed by atoms with Crippen molar-refractivity contribution in [2.75, 3.05) is 5.32 Å². The lowest BCUT2D eigenvalue weighted by Gasteiger charge is -2.14. The van der Waals surface area contributed by atoms with Gasteiger partial charge >= 0.3 is 0 Å². The molecular formula is C19H12Cl2N2O3S. The van der Waals surface area contributed by atoms with Gasteiger partial charge in [-0.2, -0.15) is 0 Å². The van der Waals surface area contributed by atoms with Gasteiger partial charge in [0.15, 0.2) is 17.2 Å². The van der Waals surface area contributed by atoms with Crippen molar-refractivity contribution in [3.63, 3.8) is 0 Å². The fourth-order valence-corrected chi connectivity index (χ4v) is 3.88. The Hall–Kier alpha value is -2.38. The Morgan fingerprint density at radius 1 is 1.15 bits per heavy atom. The number of para-hydroxylation sites is 1. The van der Waals surface area contributed by atoms with Gasteiger partial charge in [-0.1, -0.05) is 35.3 Å². The summed E-state index contributed by atoms with van der Waals surface area (Å²) in [5, 5.41) is 16.1. The fourth-order valence-electron chi connectivity index (χ4n) is 2.73. The highest BCUT2D eigenvalue weighted by Crippen LogP contribution is 2.36. The van der Waals surface area contributed by atoms with Gasteiger partial charge in [0.25, 0.3) is 0 Å². The van der Waals surface area contributed by atoms with E-state index in [-0.39, 0.29) is 11.2 Å². The molecule has 0 fully saturated rings. The number of thiazole rings is 1. The maximum absolute atomic E-state index is 12.6. The molecule has 5 nitrogen and oxygen atoms in total. The highest BCUT2D eigenvalue weighted by Gasteiger charge is 2.17. The van der Waals surface area contributed by atoms with E-state index in [0.717, 1.165) is 0 Å². The first-order valence-electron chi connectivity index (χ1n) is 7.88. The quantitative estimate of drug-likeness (QED) is 0.438. The zero-order valence-electron chi connectivity index (χ0n) is 13.6. The summed E-state index contributed by atoms with van der Waals surface area (Å²) in [6, 6.07) is 11.5. The van der Waals surface area contributed by atoms with Gasteiger partial charge in [-0.05, 0) is 24.3 Å². The molecule has 0 aliphatic rings. The second-order valence-electron chi connectivity index (χ2n) is 5.71. The van der Waals surface area contributed by atoms with E-state index in [4.69, 9.17) is 27.6 Å². The maximum atomic E-state index is 12.6. The van der Waals surface area contributed by atoms with Crippen molar-refractivity contribution in [1.82, 2.24) is 4.98 Å². The average molecular weight is 419 g/mol. The van der Waals surface area contributed by atoms with Crippen molar-refractivity contribution < 1.29 is 9.52 Å². The monoisotopic (exact) mass is 418 g/mol. The van der Waals surface area contributed by atoms with Crippen molar-refractivity contribution in [2.45, 2.75) is 6.23 Å². The van der Waals surface area contributed by atoms with Gasteiger partial charge in [-0.3, -0.25) is 4.79 Å². The van der Waals surface area contributed by atoms with Crippen LogP contribution in [0.15, 0.2) is 62.6 Å². The molecule has 4 aromatic rings. The van der Waals surface area contributed by atoms with Crippen molar-refractivity contribution in [2.24, 2.45) is 0 Å². The SMILES string of the molecule is O=c1cc(-c2c(Cl)cccc2Cl)oc2c(NC(O)c3cscn3)cccc12. The topological polar surface area (TPSA) is 75.4 Å². The summed E-state index contributed by atoms with van der Waals surface area (Å²) in [5.74, 6) is 0.250.